The van der Waals surface area contributed by atoms with Crippen LogP contribution in [0.25, 0.3) is 0 Å². The van der Waals surface area contributed by atoms with Gasteiger partial charge in [-0.25, -0.2) is 9.78 Å². The Bertz CT molecular complexity index is 512. The second-order valence-electron chi connectivity index (χ2n) is 3.27. The maximum absolute atomic E-state index is 11.3. The quantitative estimate of drug-likeness (QED) is 0.780. The van der Waals surface area contributed by atoms with Gasteiger partial charge in [-0.3, -0.25) is 4.98 Å². The maximum Gasteiger partial charge on any atom is 0.349 e. The molecule has 2 heterocycles. The third-order valence-electron chi connectivity index (χ3n) is 2.20. The first-order chi connectivity index (χ1) is 8.22. The van der Waals surface area contributed by atoms with Gasteiger partial charge in [0.25, 0.3) is 0 Å². The van der Waals surface area contributed by atoms with E-state index < -0.39 is 0 Å². The molecule has 5 nitrogen and oxygen atoms in total. The summed E-state index contributed by atoms with van der Waals surface area (Å²) in [5, 5.41) is 0.721. The van der Waals surface area contributed by atoms with Gasteiger partial charge in [0.15, 0.2) is 5.13 Å². The lowest BCUT2D eigenvalue weighted by atomic mass is 10.4. The molecule has 2 aromatic heterocycles. The number of esters is 1. The number of ether oxygens (including phenoxy) is 1. The van der Waals surface area contributed by atoms with Crippen LogP contribution in [0, 0.1) is 0 Å². The van der Waals surface area contributed by atoms with Crippen LogP contribution in [0.3, 0.4) is 0 Å². The second-order valence-corrected chi connectivity index (χ2v) is 4.28. The summed E-state index contributed by atoms with van der Waals surface area (Å²) in [6.07, 6.45) is 4.96. The Kier molecular flexibility index (Phi) is 3.34. The van der Waals surface area contributed by atoms with Crippen molar-refractivity contribution < 1.29 is 9.53 Å². The van der Waals surface area contributed by atoms with Crippen LogP contribution in [-0.2, 0) is 4.74 Å². The molecule has 17 heavy (non-hydrogen) atoms. The van der Waals surface area contributed by atoms with E-state index >= 15 is 0 Å². The summed E-state index contributed by atoms with van der Waals surface area (Å²) >= 11 is 1.28. The number of carbonyl (C=O) groups is 1. The number of methoxy groups -OCH3 is 1. The van der Waals surface area contributed by atoms with Gasteiger partial charge in [-0.1, -0.05) is 11.3 Å². The molecule has 0 atom stereocenters. The zero-order chi connectivity index (χ0) is 12.3. The standard InChI is InChI=1S/C11H11N3O2S/c1-14(8-4-3-5-12-6-8)11-13-7-9(17-11)10(15)16-2/h3-7H,1-2H3. The first-order valence-electron chi connectivity index (χ1n) is 4.90. The first kappa shape index (κ1) is 11.5. The van der Waals surface area contributed by atoms with Crippen LogP contribution in [0.4, 0.5) is 10.8 Å². The van der Waals surface area contributed by atoms with Gasteiger partial charge < -0.3 is 9.64 Å². The fraction of sp³-hybridized carbons (Fsp3) is 0.182. The number of aromatic nitrogens is 2. The van der Waals surface area contributed by atoms with Crippen LogP contribution in [-0.4, -0.2) is 30.1 Å². The van der Waals surface area contributed by atoms with E-state index in [4.69, 9.17) is 0 Å². The van der Waals surface area contributed by atoms with E-state index in [2.05, 4.69) is 14.7 Å². The minimum absolute atomic E-state index is 0.367. The summed E-state index contributed by atoms with van der Waals surface area (Å²) in [6, 6.07) is 3.77. The molecule has 0 aliphatic carbocycles. The number of nitrogens with zero attached hydrogens (tertiary/aromatic N) is 3. The van der Waals surface area contributed by atoms with Crippen molar-refractivity contribution in [1.29, 1.82) is 0 Å². The highest BCUT2D eigenvalue weighted by Crippen LogP contribution is 2.27. The molecule has 0 aliphatic heterocycles. The molecule has 0 unspecified atom stereocenters. The molecule has 0 aromatic carbocycles. The summed E-state index contributed by atoms with van der Waals surface area (Å²) in [7, 11) is 3.23. The Morgan fingerprint density at radius 1 is 1.47 bits per heavy atom. The molecular weight excluding hydrogens is 238 g/mol. The van der Waals surface area contributed by atoms with E-state index in [1.54, 1.807) is 12.4 Å². The van der Waals surface area contributed by atoms with Gasteiger partial charge in [0.1, 0.15) is 4.88 Å². The smallest absolute Gasteiger partial charge is 0.349 e. The highest BCUT2D eigenvalue weighted by Gasteiger charge is 2.13. The van der Waals surface area contributed by atoms with E-state index in [1.165, 1.54) is 24.6 Å². The zero-order valence-corrected chi connectivity index (χ0v) is 10.3. The monoisotopic (exact) mass is 249 g/mol. The predicted octanol–water partition coefficient (Wildman–Crippen LogP) is 2.09. The third-order valence-corrected chi connectivity index (χ3v) is 3.25. The van der Waals surface area contributed by atoms with E-state index in [9.17, 15) is 4.79 Å². The van der Waals surface area contributed by atoms with Gasteiger partial charge in [-0.2, -0.15) is 0 Å². The number of pyridine rings is 1. The van der Waals surface area contributed by atoms with Crippen molar-refractivity contribution in [3.63, 3.8) is 0 Å². The number of hydrogen-bond acceptors (Lipinski definition) is 6. The topological polar surface area (TPSA) is 55.3 Å². The number of rotatable bonds is 3. The van der Waals surface area contributed by atoms with Gasteiger partial charge in [0, 0.05) is 13.2 Å². The molecule has 0 spiro atoms. The molecule has 0 fully saturated rings. The van der Waals surface area contributed by atoms with Crippen molar-refractivity contribution in [3.8, 4) is 0 Å². The lowest BCUT2D eigenvalue weighted by Crippen LogP contribution is -2.08. The summed E-state index contributed by atoms with van der Waals surface area (Å²) in [5.41, 5.74) is 0.915. The van der Waals surface area contributed by atoms with Crippen LogP contribution in [0.1, 0.15) is 9.67 Å². The van der Waals surface area contributed by atoms with Crippen molar-refractivity contribution in [2.75, 3.05) is 19.1 Å². The molecule has 0 radical (unpaired) electrons. The number of carbonyl (C=O) groups excluding carboxylic acids is 1. The van der Waals surface area contributed by atoms with Crippen LogP contribution < -0.4 is 4.90 Å². The molecule has 6 heteroatoms. The fourth-order valence-electron chi connectivity index (χ4n) is 1.28. The van der Waals surface area contributed by atoms with Crippen molar-refractivity contribution >= 4 is 28.1 Å². The van der Waals surface area contributed by atoms with E-state index in [1.807, 2.05) is 24.1 Å². The minimum Gasteiger partial charge on any atom is -0.465 e. The van der Waals surface area contributed by atoms with Crippen molar-refractivity contribution in [2.24, 2.45) is 0 Å². The molecule has 0 bridgehead atoms. The Morgan fingerprint density at radius 3 is 2.94 bits per heavy atom. The van der Waals surface area contributed by atoms with Crippen LogP contribution in [0.5, 0.6) is 0 Å². The van der Waals surface area contributed by atoms with Crippen LogP contribution in [0.2, 0.25) is 0 Å². The van der Waals surface area contributed by atoms with Gasteiger partial charge in [0.05, 0.1) is 25.2 Å². The minimum atomic E-state index is -0.367. The predicted molar refractivity (Wildman–Crippen MR) is 65.8 cm³/mol. The summed E-state index contributed by atoms with van der Waals surface area (Å²) < 4.78 is 4.64. The Hall–Kier alpha value is -1.95. The molecule has 88 valence electrons. The van der Waals surface area contributed by atoms with E-state index in [0.717, 1.165) is 10.8 Å². The lowest BCUT2D eigenvalue weighted by Gasteiger charge is -2.14. The first-order valence-corrected chi connectivity index (χ1v) is 5.72. The maximum atomic E-state index is 11.3. The fourth-order valence-corrected chi connectivity index (χ4v) is 2.09. The normalized spacial score (nSPS) is 10.0. The average Bonchev–Trinajstić information content (AvgIpc) is 2.87. The Morgan fingerprint density at radius 2 is 2.29 bits per heavy atom. The molecule has 0 amide bonds. The van der Waals surface area contributed by atoms with Crippen LogP contribution in [0.15, 0.2) is 30.7 Å². The third kappa shape index (κ3) is 2.42. The number of hydrogen-bond donors (Lipinski definition) is 0. The van der Waals surface area contributed by atoms with Crippen LogP contribution >= 0.6 is 11.3 Å². The molecule has 2 rings (SSSR count). The molecular formula is C11H11N3O2S. The Labute approximate surface area is 103 Å². The highest BCUT2D eigenvalue weighted by atomic mass is 32.1. The van der Waals surface area contributed by atoms with Gasteiger partial charge in [-0.15, -0.1) is 0 Å². The number of thiazole rings is 1. The van der Waals surface area contributed by atoms with Crippen molar-refractivity contribution in [3.05, 3.63) is 35.6 Å². The second kappa shape index (κ2) is 4.92. The molecule has 2 aromatic rings. The Balaban J connectivity index is 2.23. The van der Waals surface area contributed by atoms with E-state index in [0.29, 0.717) is 4.88 Å². The molecule has 0 N–H and O–H groups in total. The average molecular weight is 249 g/mol. The SMILES string of the molecule is COC(=O)c1cnc(N(C)c2cccnc2)s1. The van der Waals surface area contributed by atoms with Crippen molar-refractivity contribution in [2.45, 2.75) is 0 Å². The van der Waals surface area contributed by atoms with Gasteiger partial charge >= 0.3 is 5.97 Å². The summed E-state index contributed by atoms with van der Waals surface area (Å²) in [6.45, 7) is 0. The highest BCUT2D eigenvalue weighted by molar-refractivity contribution is 7.17. The number of anilines is 2. The molecule has 0 aliphatic rings. The van der Waals surface area contributed by atoms with Crippen molar-refractivity contribution in [1.82, 2.24) is 9.97 Å². The summed E-state index contributed by atoms with van der Waals surface area (Å²) in [5.74, 6) is -0.367. The lowest BCUT2D eigenvalue weighted by molar-refractivity contribution is 0.0606. The van der Waals surface area contributed by atoms with E-state index in [-0.39, 0.29) is 5.97 Å². The van der Waals surface area contributed by atoms with Gasteiger partial charge in [0.2, 0.25) is 0 Å². The summed E-state index contributed by atoms with van der Waals surface area (Å²) in [4.78, 5) is 21.9. The largest absolute Gasteiger partial charge is 0.465 e. The molecule has 0 saturated carbocycles. The molecule has 0 saturated heterocycles. The zero-order valence-electron chi connectivity index (χ0n) is 9.45. The van der Waals surface area contributed by atoms with Gasteiger partial charge in [-0.05, 0) is 12.1 Å².